The maximum absolute atomic E-state index is 5.81. The lowest BCUT2D eigenvalue weighted by Gasteiger charge is -2.09. The van der Waals surface area contributed by atoms with E-state index in [-0.39, 0.29) is 0 Å². The molecule has 2 rings (SSSR count). The molecule has 0 fully saturated rings. The number of halogens is 1. The van der Waals surface area contributed by atoms with Gasteiger partial charge in [-0.3, -0.25) is 0 Å². The number of allylic oxidation sites excluding steroid dienone is 2. The van der Waals surface area contributed by atoms with Crippen molar-refractivity contribution in [1.29, 1.82) is 0 Å². The summed E-state index contributed by atoms with van der Waals surface area (Å²) in [6.45, 7) is 4.22. The van der Waals surface area contributed by atoms with Crippen LogP contribution in [-0.2, 0) is 5.88 Å². The van der Waals surface area contributed by atoms with E-state index >= 15 is 0 Å². The fourth-order valence-corrected chi connectivity index (χ4v) is 2.20. The highest BCUT2D eigenvalue weighted by atomic mass is 35.5. The van der Waals surface area contributed by atoms with Crippen LogP contribution in [0.3, 0.4) is 0 Å². The molecule has 1 nitrogen and oxygen atoms in total. The molecule has 0 bridgehead atoms. The molecule has 2 aromatic rings. The summed E-state index contributed by atoms with van der Waals surface area (Å²) in [6, 6.07) is 16.0. The lowest BCUT2D eigenvalue weighted by atomic mass is 10.0. The minimum Gasteiger partial charge on any atom is -0.457 e. The first-order valence-corrected chi connectivity index (χ1v) is 7.32. The highest BCUT2D eigenvalue weighted by molar-refractivity contribution is 6.17. The topological polar surface area (TPSA) is 9.23 Å². The van der Waals surface area contributed by atoms with Crippen LogP contribution in [0.1, 0.15) is 30.9 Å². The van der Waals surface area contributed by atoms with Crippen LogP contribution in [0.5, 0.6) is 11.5 Å². The number of hydrogen-bond donors (Lipinski definition) is 0. The molecule has 1 unspecified atom stereocenters. The molecule has 0 aromatic heterocycles. The van der Waals surface area contributed by atoms with Crippen molar-refractivity contribution < 1.29 is 4.74 Å². The van der Waals surface area contributed by atoms with Gasteiger partial charge >= 0.3 is 0 Å². The van der Waals surface area contributed by atoms with Gasteiger partial charge < -0.3 is 4.74 Å². The highest BCUT2D eigenvalue weighted by Crippen LogP contribution is 2.25. The monoisotopic (exact) mass is 286 g/mol. The van der Waals surface area contributed by atoms with Crippen LogP contribution in [0.4, 0.5) is 0 Å². The van der Waals surface area contributed by atoms with Crippen LogP contribution in [0.25, 0.3) is 0 Å². The van der Waals surface area contributed by atoms with Crippen LogP contribution < -0.4 is 4.74 Å². The van der Waals surface area contributed by atoms with Crippen molar-refractivity contribution in [1.82, 2.24) is 0 Å². The summed E-state index contributed by atoms with van der Waals surface area (Å²) in [6.07, 6.45) is 4.26. The van der Waals surface area contributed by atoms with E-state index in [0.29, 0.717) is 11.8 Å². The smallest absolute Gasteiger partial charge is 0.127 e. The van der Waals surface area contributed by atoms with E-state index in [4.69, 9.17) is 16.3 Å². The number of ether oxygens (including phenoxy) is 1. The van der Waals surface area contributed by atoms with Crippen LogP contribution in [-0.4, -0.2) is 0 Å². The van der Waals surface area contributed by atoms with E-state index in [0.717, 1.165) is 17.1 Å². The molecular formula is C18H19ClO. The van der Waals surface area contributed by atoms with E-state index < -0.39 is 0 Å². The third-order valence-electron chi connectivity index (χ3n) is 3.20. The largest absolute Gasteiger partial charge is 0.457 e. The number of hydrogen-bond acceptors (Lipinski definition) is 1. The number of rotatable bonds is 5. The van der Waals surface area contributed by atoms with Gasteiger partial charge in [-0.15, -0.1) is 11.6 Å². The molecule has 0 spiro atoms. The summed E-state index contributed by atoms with van der Waals surface area (Å²) < 4.78 is 5.81. The molecule has 0 saturated carbocycles. The Bertz CT molecular complexity index is 555. The molecule has 0 aliphatic carbocycles. The Labute approximate surface area is 125 Å². The molecule has 0 aliphatic rings. The fraction of sp³-hybridized carbons (Fsp3) is 0.222. The van der Waals surface area contributed by atoms with Gasteiger partial charge in [-0.1, -0.05) is 43.3 Å². The van der Waals surface area contributed by atoms with Crippen LogP contribution in [0.2, 0.25) is 0 Å². The normalized spacial score (nSPS) is 12.6. The Balaban J connectivity index is 2.06. The Hall–Kier alpha value is -1.73. The standard InChI is InChI=1S/C18H19ClO/c1-3-4-14(2)16-7-11-18(12-8-16)20-17-9-5-15(13-19)6-10-17/h3-12,14H,13H2,1-2H3. The van der Waals surface area contributed by atoms with Gasteiger partial charge in [0.25, 0.3) is 0 Å². The molecule has 0 heterocycles. The van der Waals surface area contributed by atoms with Crippen molar-refractivity contribution in [2.24, 2.45) is 0 Å². The Morgan fingerprint density at radius 1 is 1.00 bits per heavy atom. The Morgan fingerprint density at radius 2 is 1.55 bits per heavy atom. The van der Waals surface area contributed by atoms with Crippen molar-refractivity contribution in [3.8, 4) is 11.5 Å². The Kier molecular flexibility index (Phi) is 5.25. The summed E-state index contributed by atoms with van der Waals surface area (Å²) in [5.41, 5.74) is 2.38. The van der Waals surface area contributed by atoms with Gasteiger partial charge in [-0.05, 0) is 48.2 Å². The van der Waals surface area contributed by atoms with E-state index in [1.807, 2.05) is 43.3 Å². The maximum Gasteiger partial charge on any atom is 0.127 e. The molecule has 0 N–H and O–H groups in total. The molecule has 0 aliphatic heterocycles. The fourth-order valence-electron chi connectivity index (χ4n) is 2.02. The second kappa shape index (κ2) is 7.16. The van der Waals surface area contributed by atoms with E-state index in [1.165, 1.54) is 5.56 Å². The first kappa shape index (κ1) is 14.7. The van der Waals surface area contributed by atoms with Gasteiger partial charge in [0.05, 0.1) is 0 Å². The summed E-state index contributed by atoms with van der Waals surface area (Å²) in [4.78, 5) is 0. The molecule has 0 amide bonds. The van der Waals surface area contributed by atoms with E-state index in [1.54, 1.807) is 0 Å². The second-order valence-electron chi connectivity index (χ2n) is 4.76. The lowest BCUT2D eigenvalue weighted by molar-refractivity contribution is 0.482. The van der Waals surface area contributed by atoms with Gasteiger partial charge in [0, 0.05) is 5.88 Å². The van der Waals surface area contributed by atoms with Gasteiger partial charge in [-0.2, -0.15) is 0 Å². The molecule has 1 atom stereocenters. The molecule has 104 valence electrons. The van der Waals surface area contributed by atoms with Crippen molar-refractivity contribution in [3.05, 3.63) is 71.8 Å². The molecule has 2 heteroatoms. The third kappa shape index (κ3) is 3.88. The summed E-state index contributed by atoms with van der Waals surface area (Å²) in [5, 5.41) is 0. The van der Waals surface area contributed by atoms with Crippen molar-refractivity contribution in [3.63, 3.8) is 0 Å². The minimum absolute atomic E-state index is 0.428. The summed E-state index contributed by atoms with van der Waals surface area (Å²) >= 11 is 5.77. The predicted octanol–water partition coefficient (Wildman–Crippen LogP) is 5.90. The Morgan fingerprint density at radius 3 is 2.05 bits per heavy atom. The van der Waals surface area contributed by atoms with E-state index in [9.17, 15) is 0 Å². The van der Waals surface area contributed by atoms with E-state index in [2.05, 4.69) is 31.2 Å². The zero-order valence-corrected chi connectivity index (χ0v) is 12.6. The van der Waals surface area contributed by atoms with Crippen molar-refractivity contribution in [2.45, 2.75) is 25.6 Å². The number of benzene rings is 2. The van der Waals surface area contributed by atoms with Gasteiger partial charge in [0.1, 0.15) is 11.5 Å². The summed E-state index contributed by atoms with van der Waals surface area (Å²) in [5.74, 6) is 2.63. The summed E-state index contributed by atoms with van der Waals surface area (Å²) in [7, 11) is 0. The zero-order valence-electron chi connectivity index (χ0n) is 11.8. The third-order valence-corrected chi connectivity index (χ3v) is 3.51. The number of alkyl halides is 1. The molecule has 2 aromatic carbocycles. The first-order valence-electron chi connectivity index (χ1n) is 6.78. The lowest BCUT2D eigenvalue weighted by Crippen LogP contribution is -1.90. The van der Waals surface area contributed by atoms with Gasteiger partial charge in [-0.25, -0.2) is 0 Å². The SMILES string of the molecule is CC=CC(C)c1ccc(Oc2ccc(CCl)cc2)cc1. The molecule has 0 saturated heterocycles. The average molecular weight is 287 g/mol. The van der Waals surface area contributed by atoms with Crippen molar-refractivity contribution >= 4 is 11.6 Å². The predicted molar refractivity (Wildman–Crippen MR) is 85.7 cm³/mol. The quantitative estimate of drug-likeness (QED) is 0.491. The van der Waals surface area contributed by atoms with Crippen molar-refractivity contribution in [2.75, 3.05) is 0 Å². The van der Waals surface area contributed by atoms with Crippen LogP contribution >= 0.6 is 11.6 Å². The van der Waals surface area contributed by atoms with Gasteiger partial charge in [0.15, 0.2) is 0 Å². The average Bonchev–Trinajstić information content (AvgIpc) is 2.49. The second-order valence-corrected chi connectivity index (χ2v) is 5.03. The molecule has 20 heavy (non-hydrogen) atoms. The molecular weight excluding hydrogens is 268 g/mol. The van der Waals surface area contributed by atoms with Crippen LogP contribution in [0, 0.1) is 0 Å². The van der Waals surface area contributed by atoms with Crippen LogP contribution in [0.15, 0.2) is 60.7 Å². The minimum atomic E-state index is 0.428. The van der Waals surface area contributed by atoms with Gasteiger partial charge in [0.2, 0.25) is 0 Å². The highest BCUT2D eigenvalue weighted by Gasteiger charge is 2.02. The molecule has 0 radical (unpaired) electrons. The zero-order chi connectivity index (χ0) is 14.4. The first-order chi connectivity index (χ1) is 9.72. The maximum atomic E-state index is 5.81.